The molecule has 5 nitrogen and oxygen atoms in total. The Morgan fingerprint density at radius 3 is 2.65 bits per heavy atom. The van der Waals surface area contributed by atoms with Crippen LogP contribution in [-0.4, -0.2) is 22.6 Å². The van der Waals surface area contributed by atoms with E-state index in [1.165, 1.54) is 5.56 Å². The van der Waals surface area contributed by atoms with Gasteiger partial charge < -0.3 is 9.42 Å². The van der Waals surface area contributed by atoms with Crippen LogP contribution < -0.4 is 4.90 Å². The zero-order valence-electron chi connectivity index (χ0n) is 14.6. The van der Waals surface area contributed by atoms with Crippen molar-refractivity contribution in [3.8, 4) is 11.4 Å². The molecule has 0 spiro atoms. The largest absolute Gasteiger partial charge is 0.339 e. The number of carbonyl (C=O) groups excluding carboxylic acids is 1. The topological polar surface area (TPSA) is 59.2 Å². The molecule has 1 amide bonds. The third-order valence-electron chi connectivity index (χ3n) is 4.69. The van der Waals surface area contributed by atoms with Crippen molar-refractivity contribution in [1.82, 2.24) is 10.1 Å². The molecule has 4 rings (SSSR count). The maximum absolute atomic E-state index is 12.5. The maximum Gasteiger partial charge on any atom is 0.232 e. The Hall–Kier alpha value is -2.66. The lowest BCUT2D eigenvalue weighted by atomic mass is 10.1. The van der Waals surface area contributed by atoms with Crippen molar-refractivity contribution in [2.75, 3.05) is 11.4 Å². The normalized spacial score (nSPS) is 17.1. The predicted octanol–water partition coefficient (Wildman–Crippen LogP) is 4.53. The van der Waals surface area contributed by atoms with Gasteiger partial charge in [0.15, 0.2) is 0 Å². The lowest BCUT2D eigenvalue weighted by Crippen LogP contribution is -2.24. The molecule has 2 heterocycles. The molecular weight excluding hydrogens is 350 g/mol. The Bertz CT molecular complexity index is 965. The van der Waals surface area contributed by atoms with Gasteiger partial charge in [0.1, 0.15) is 0 Å². The van der Waals surface area contributed by atoms with Gasteiger partial charge >= 0.3 is 0 Å². The van der Waals surface area contributed by atoms with Gasteiger partial charge in [0, 0.05) is 29.2 Å². The van der Waals surface area contributed by atoms with Crippen molar-refractivity contribution in [2.45, 2.75) is 26.2 Å². The summed E-state index contributed by atoms with van der Waals surface area (Å²) in [5.41, 5.74) is 3.85. The van der Waals surface area contributed by atoms with E-state index in [1.807, 2.05) is 56.3 Å². The number of halogens is 1. The molecule has 3 aromatic rings. The van der Waals surface area contributed by atoms with Crippen LogP contribution in [0.4, 0.5) is 5.69 Å². The quantitative estimate of drug-likeness (QED) is 0.682. The first-order chi connectivity index (χ1) is 12.5. The van der Waals surface area contributed by atoms with E-state index in [0.29, 0.717) is 29.7 Å². The summed E-state index contributed by atoms with van der Waals surface area (Å²) in [6.45, 7) is 4.47. The number of hydrogen-bond donors (Lipinski definition) is 0. The molecule has 1 aromatic heterocycles. The van der Waals surface area contributed by atoms with Crippen LogP contribution in [0.15, 0.2) is 47.0 Å². The summed E-state index contributed by atoms with van der Waals surface area (Å²) < 4.78 is 5.44. The molecule has 0 saturated carbocycles. The Balaban J connectivity index is 1.55. The Morgan fingerprint density at radius 2 is 1.92 bits per heavy atom. The van der Waals surface area contributed by atoms with Gasteiger partial charge in [-0.05, 0) is 31.5 Å². The van der Waals surface area contributed by atoms with Crippen LogP contribution >= 0.6 is 11.6 Å². The van der Waals surface area contributed by atoms with Crippen molar-refractivity contribution in [1.29, 1.82) is 0 Å². The van der Waals surface area contributed by atoms with Gasteiger partial charge in [-0.25, -0.2) is 0 Å². The molecular formula is C20H18ClN3O2. The van der Waals surface area contributed by atoms with Crippen molar-refractivity contribution in [2.24, 2.45) is 0 Å². The fraction of sp³-hybridized carbons (Fsp3) is 0.250. The van der Waals surface area contributed by atoms with Gasteiger partial charge in [-0.2, -0.15) is 4.98 Å². The first kappa shape index (κ1) is 16.8. The fourth-order valence-electron chi connectivity index (χ4n) is 3.09. The molecule has 0 unspecified atom stereocenters. The second-order valence-electron chi connectivity index (χ2n) is 6.66. The number of rotatable bonds is 3. The van der Waals surface area contributed by atoms with Crippen LogP contribution in [0.5, 0.6) is 0 Å². The van der Waals surface area contributed by atoms with Crippen molar-refractivity contribution in [3.05, 3.63) is 64.5 Å². The minimum Gasteiger partial charge on any atom is -0.339 e. The molecule has 1 aliphatic heterocycles. The van der Waals surface area contributed by atoms with Crippen LogP contribution in [0.1, 0.15) is 29.4 Å². The van der Waals surface area contributed by atoms with E-state index in [4.69, 9.17) is 16.1 Å². The number of anilines is 1. The molecule has 0 radical (unpaired) electrons. The molecule has 26 heavy (non-hydrogen) atoms. The molecule has 0 bridgehead atoms. The molecule has 1 fully saturated rings. The van der Waals surface area contributed by atoms with Crippen molar-refractivity contribution < 1.29 is 9.32 Å². The number of carbonyl (C=O) groups is 1. The first-order valence-electron chi connectivity index (χ1n) is 8.48. The number of amides is 1. The standard InChI is InChI=1S/C20H18ClN3O2/c1-12-3-6-14(7-4-12)19-22-20(26-23-19)15-9-18(25)24(11-15)16-8-5-13(2)17(21)10-16/h3-8,10,15H,9,11H2,1-2H3/t15-/m0/s1. The molecule has 1 aliphatic rings. The second kappa shape index (κ2) is 6.57. The number of benzene rings is 2. The zero-order chi connectivity index (χ0) is 18.3. The highest BCUT2D eigenvalue weighted by Gasteiger charge is 2.35. The summed E-state index contributed by atoms with van der Waals surface area (Å²) in [5, 5.41) is 4.72. The van der Waals surface area contributed by atoms with Crippen molar-refractivity contribution in [3.63, 3.8) is 0 Å². The molecule has 1 atom stereocenters. The average molecular weight is 368 g/mol. The predicted molar refractivity (Wildman–Crippen MR) is 100 cm³/mol. The van der Waals surface area contributed by atoms with E-state index in [0.717, 1.165) is 16.8 Å². The third kappa shape index (κ3) is 3.10. The fourth-order valence-corrected chi connectivity index (χ4v) is 3.27. The van der Waals surface area contributed by atoms with Crippen LogP contribution in [0, 0.1) is 13.8 Å². The SMILES string of the molecule is Cc1ccc(-c2noc([C@H]3CC(=O)N(c4ccc(C)c(Cl)c4)C3)n2)cc1. The van der Waals surface area contributed by atoms with Gasteiger partial charge in [-0.15, -0.1) is 0 Å². The Labute approximate surface area is 156 Å². The van der Waals surface area contributed by atoms with E-state index >= 15 is 0 Å². The number of aromatic nitrogens is 2. The van der Waals surface area contributed by atoms with Crippen molar-refractivity contribution >= 4 is 23.2 Å². The van der Waals surface area contributed by atoms with E-state index in [-0.39, 0.29) is 11.8 Å². The maximum atomic E-state index is 12.5. The summed E-state index contributed by atoms with van der Waals surface area (Å²) in [6.07, 6.45) is 0.348. The summed E-state index contributed by atoms with van der Waals surface area (Å²) in [4.78, 5) is 18.7. The minimum atomic E-state index is -0.116. The molecule has 1 saturated heterocycles. The molecule has 132 valence electrons. The summed E-state index contributed by atoms with van der Waals surface area (Å²) in [6, 6.07) is 13.6. The van der Waals surface area contributed by atoms with E-state index < -0.39 is 0 Å². The van der Waals surface area contributed by atoms with Crippen LogP contribution in [-0.2, 0) is 4.79 Å². The van der Waals surface area contributed by atoms with Gasteiger partial charge in [-0.1, -0.05) is 52.7 Å². The highest BCUT2D eigenvalue weighted by atomic mass is 35.5. The number of aryl methyl sites for hydroxylation is 2. The lowest BCUT2D eigenvalue weighted by molar-refractivity contribution is -0.117. The average Bonchev–Trinajstić information content (AvgIpc) is 3.25. The van der Waals surface area contributed by atoms with Gasteiger partial charge in [0.2, 0.25) is 17.6 Å². The highest BCUT2D eigenvalue weighted by Crippen LogP contribution is 2.33. The molecule has 0 aliphatic carbocycles. The molecule has 2 aromatic carbocycles. The summed E-state index contributed by atoms with van der Waals surface area (Å²) >= 11 is 6.20. The molecule has 0 N–H and O–H groups in total. The van der Waals surface area contributed by atoms with Gasteiger partial charge in [0.05, 0.1) is 5.92 Å². The minimum absolute atomic E-state index is 0.0324. The van der Waals surface area contributed by atoms with E-state index in [9.17, 15) is 4.79 Å². The second-order valence-corrected chi connectivity index (χ2v) is 7.07. The van der Waals surface area contributed by atoms with Gasteiger partial charge in [-0.3, -0.25) is 4.79 Å². The summed E-state index contributed by atoms with van der Waals surface area (Å²) in [5.74, 6) is 0.957. The van der Waals surface area contributed by atoms with Crippen LogP contribution in [0.25, 0.3) is 11.4 Å². The van der Waals surface area contributed by atoms with Crippen LogP contribution in [0.3, 0.4) is 0 Å². The van der Waals surface area contributed by atoms with E-state index in [1.54, 1.807) is 4.90 Å². The number of hydrogen-bond acceptors (Lipinski definition) is 4. The van der Waals surface area contributed by atoms with Crippen LogP contribution in [0.2, 0.25) is 5.02 Å². The monoisotopic (exact) mass is 367 g/mol. The smallest absolute Gasteiger partial charge is 0.232 e. The summed E-state index contributed by atoms with van der Waals surface area (Å²) in [7, 11) is 0. The number of nitrogens with zero attached hydrogens (tertiary/aromatic N) is 3. The first-order valence-corrected chi connectivity index (χ1v) is 8.86. The lowest BCUT2D eigenvalue weighted by Gasteiger charge is -2.17. The molecule has 6 heteroatoms. The Morgan fingerprint density at radius 1 is 1.15 bits per heavy atom. The third-order valence-corrected chi connectivity index (χ3v) is 5.10. The Kier molecular flexibility index (Phi) is 4.24. The highest BCUT2D eigenvalue weighted by molar-refractivity contribution is 6.31. The zero-order valence-corrected chi connectivity index (χ0v) is 15.3. The van der Waals surface area contributed by atoms with Gasteiger partial charge in [0.25, 0.3) is 0 Å². The van der Waals surface area contributed by atoms with E-state index in [2.05, 4.69) is 10.1 Å².